The first-order valence-corrected chi connectivity index (χ1v) is 8.85. The van der Waals surface area contributed by atoms with Gasteiger partial charge in [-0.15, -0.1) is 0 Å². The number of amides is 2. The SMILES string of the molecule is COC(=O)[C@H](NC(=O)N1CCc2[nH]cnc2[C@@H]1c1cccc(F)c1)C(C)C. The lowest BCUT2D eigenvalue weighted by molar-refractivity contribution is -0.144. The van der Waals surface area contributed by atoms with E-state index in [1.54, 1.807) is 23.4 Å². The van der Waals surface area contributed by atoms with Gasteiger partial charge in [0, 0.05) is 18.7 Å². The number of aromatic nitrogens is 2. The number of H-pyrrole nitrogens is 1. The summed E-state index contributed by atoms with van der Waals surface area (Å²) in [5.74, 6) is -1.02. The number of benzene rings is 1. The predicted molar refractivity (Wildman–Crippen MR) is 96.4 cm³/mol. The molecule has 0 spiro atoms. The van der Waals surface area contributed by atoms with Crippen LogP contribution in [0.2, 0.25) is 0 Å². The lowest BCUT2D eigenvalue weighted by Crippen LogP contribution is -2.53. The van der Waals surface area contributed by atoms with Crippen LogP contribution >= 0.6 is 0 Å². The highest BCUT2D eigenvalue weighted by atomic mass is 19.1. The van der Waals surface area contributed by atoms with Gasteiger partial charge < -0.3 is 19.9 Å². The van der Waals surface area contributed by atoms with Gasteiger partial charge in [0.15, 0.2) is 0 Å². The third-order valence-electron chi connectivity index (χ3n) is 4.75. The molecule has 1 aromatic carbocycles. The van der Waals surface area contributed by atoms with E-state index < -0.39 is 24.1 Å². The Morgan fingerprint density at radius 1 is 1.41 bits per heavy atom. The van der Waals surface area contributed by atoms with Gasteiger partial charge in [0.2, 0.25) is 0 Å². The second-order valence-corrected chi connectivity index (χ2v) is 6.86. The third-order valence-corrected chi connectivity index (χ3v) is 4.75. The van der Waals surface area contributed by atoms with Crippen LogP contribution in [-0.2, 0) is 16.0 Å². The number of hydrogen-bond acceptors (Lipinski definition) is 4. The Balaban J connectivity index is 1.93. The van der Waals surface area contributed by atoms with Crippen molar-refractivity contribution >= 4 is 12.0 Å². The first-order valence-electron chi connectivity index (χ1n) is 8.85. The lowest BCUT2D eigenvalue weighted by atomic mass is 9.95. The second-order valence-electron chi connectivity index (χ2n) is 6.86. The maximum atomic E-state index is 13.8. The monoisotopic (exact) mass is 374 g/mol. The molecule has 1 aliphatic heterocycles. The van der Waals surface area contributed by atoms with Crippen molar-refractivity contribution in [3.8, 4) is 0 Å². The van der Waals surface area contributed by atoms with Gasteiger partial charge in [-0.25, -0.2) is 19.0 Å². The fourth-order valence-electron chi connectivity index (χ4n) is 3.35. The molecule has 3 rings (SSSR count). The van der Waals surface area contributed by atoms with Crippen molar-refractivity contribution in [3.05, 3.63) is 53.4 Å². The molecule has 0 saturated carbocycles. The highest BCUT2D eigenvalue weighted by Crippen LogP contribution is 2.33. The van der Waals surface area contributed by atoms with Crippen LogP contribution in [0, 0.1) is 11.7 Å². The fraction of sp³-hybridized carbons (Fsp3) is 0.421. The van der Waals surface area contributed by atoms with Gasteiger partial charge in [0.25, 0.3) is 0 Å². The van der Waals surface area contributed by atoms with E-state index in [2.05, 4.69) is 15.3 Å². The van der Waals surface area contributed by atoms with Crippen molar-refractivity contribution in [2.45, 2.75) is 32.4 Å². The zero-order valence-electron chi connectivity index (χ0n) is 15.5. The zero-order chi connectivity index (χ0) is 19.6. The van der Waals surface area contributed by atoms with E-state index in [9.17, 15) is 14.0 Å². The minimum atomic E-state index is -0.767. The number of rotatable bonds is 4. The van der Waals surface area contributed by atoms with Gasteiger partial charge in [-0.1, -0.05) is 26.0 Å². The number of urea groups is 1. The van der Waals surface area contributed by atoms with Crippen LogP contribution in [0.25, 0.3) is 0 Å². The van der Waals surface area contributed by atoms with Crippen LogP contribution in [-0.4, -0.2) is 46.6 Å². The third kappa shape index (κ3) is 3.79. The van der Waals surface area contributed by atoms with Crippen LogP contribution in [0.1, 0.15) is 36.8 Å². The molecule has 0 unspecified atom stereocenters. The van der Waals surface area contributed by atoms with Gasteiger partial charge in [-0.05, 0) is 23.6 Å². The Morgan fingerprint density at radius 2 is 2.19 bits per heavy atom. The lowest BCUT2D eigenvalue weighted by Gasteiger charge is -2.36. The van der Waals surface area contributed by atoms with E-state index in [-0.39, 0.29) is 11.7 Å². The summed E-state index contributed by atoms with van der Waals surface area (Å²) in [5, 5.41) is 2.75. The van der Waals surface area contributed by atoms with Crippen molar-refractivity contribution in [1.29, 1.82) is 0 Å². The summed E-state index contributed by atoms with van der Waals surface area (Å²) in [5.41, 5.74) is 2.22. The Morgan fingerprint density at radius 3 is 2.85 bits per heavy atom. The molecule has 27 heavy (non-hydrogen) atoms. The molecule has 2 atom stereocenters. The number of ether oxygens (including phenoxy) is 1. The number of imidazole rings is 1. The van der Waals surface area contributed by atoms with Gasteiger partial charge in [0.1, 0.15) is 17.9 Å². The number of halogens is 1. The van der Waals surface area contributed by atoms with E-state index >= 15 is 0 Å². The summed E-state index contributed by atoms with van der Waals surface area (Å²) in [6.45, 7) is 4.07. The Bertz CT molecular complexity index is 836. The summed E-state index contributed by atoms with van der Waals surface area (Å²) in [7, 11) is 1.29. The summed E-state index contributed by atoms with van der Waals surface area (Å²) < 4.78 is 18.6. The fourth-order valence-corrected chi connectivity index (χ4v) is 3.35. The van der Waals surface area contributed by atoms with Gasteiger partial charge in [-0.2, -0.15) is 0 Å². The molecule has 7 nitrogen and oxygen atoms in total. The number of nitrogens with zero attached hydrogens (tertiary/aromatic N) is 2. The summed E-state index contributed by atoms with van der Waals surface area (Å²) in [6, 6.07) is 4.40. The molecule has 1 aromatic heterocycles. The molecule has 0 saturated heterocycles. The molecular weight excluding hydrogens is 351 g/mol. The zero-order valence-corrected chi connectivity index (χ0v) is 15.5. The number of hydrogen-bond donors (Lipinski definition) is 2. The van der Waals surface area contributed by atoms with Crippen LogP contribution in [0.4, 0.5) is 9.18 Å². The number of esters is 1. The highest BCUT2D eigenvalue weighted by Gasteiger charge is 2.36. The maximum absolute atomic E-state index is 13.8. The van der Waals surface area contributed by atoms with Crippen molar-refractivity contribution in [2.24, 2.45) is 5.92 Å². The number of carbonyl (C=O) groups is 2. The van der Waals surface area contributed by atoms with Crippen LogP contribution in [0.3, 0.4) is 0 Å². The molecule has 2 amide bonds. The van der Waals surface area contributed by atoms with E-state index in [4.69, 9.17) is 4.74 Å². The minimum Gasteiger partial charge on any atom is -0.467 e. The molecule has 144 valence electrons. The van der Waals surface area contributed by atoms with Crippen molar-refractivity contribution < 1.29 is 18.7 Å². The first kappa shape index (κ1) is 18.9. The quantitative estimate of drug-likeness (QED) is 0.805. The standard InChI is InChI=1S/C19H23FN4O3/c1-11(2)15(18(25)27-3)23-19(26)24-8-7-14-16(22-10-21-14)17(24)12-5-4-6-13(20)9-12/h4-6,9-11,15,17H,7-8H2,1-3H3,(H,21,22)(H,23,26)/t15-,17+/m1/s1. The minimum absolute atomic E-state index is 0.139. The van der Waals surface area contributed by atoms with E-state index in [1.165, 1.54) is 19.2 Å². The number of methoxy groups -OCH3 is 1. The van der Waals surface area contributed by atoms with E-state index in [0.717, 1.165) is 5.69 Å². The van der Waals surface area contributed by atoms with Crippen molar-refractivity contribution in [2.75, 3.05) is 13.7 Å². The average Bonchev–Trinajstić information content (AvgIpc) is 3.12. The molecule has 0 radical (unpaired) electrons. The molecule has 2 N–H and O–H groups in total. The smallest absolute Gasteiger partial charge is 0.328 e. The molecule has 8 heteroatoms. The molecule has 2 heterocycles. The molecule has 1 aliphatic rings. The van der Waals surface area contributed by atoms with Crippen LogP contribution in [0.15, 0.2) is 30.6 Å². The molecule has 2 aromatic rings. The van der Waals surface area contributed by atoms with Crippen molar-refractivity contribution in [3.63, 3.8) is 0 Å². The molecular formula is C19H23FN4O3. The van der Waals surface area contributed by atoms with Crippen molar-refractivity contribution in [1.82, 2.24) is 20.2 Å². The van der Waals surface area contributed by atoms with E-state index in [0.29, 0.717) is 24.2 Å². The first-order chi connectivity index (χ1) is 12.9. The maximum Gasteiger partial charge on any atom is 0.328 e. The topological polar surface area (TPSA) is 87.3 Å². The molecule has 0 aliphatic carbocycles. The average molecular weight is 374 g/mol. The van der Waals surface area contributed by atoms with Crippen LogP contribution < -0.4 is 5.32 Å². The van der Waals surface area contributed by atoms with E-state index in [1.807, 2.05) is 13.8 Å². The molecule has 0 fully saturated rings. The van der Waals surface area contributed by atoms with Gasteiger partial charge in [-0.3, -0.25) is 0 Å². The van der Waals surface area contributed by atoms with Gasteiger partial charge >= 0.3 is 12.0 Å². The summed E-state index contributed by atoms with van der Waals surface area (Å²) in [4.78, 5) is 34.0. The van der Waals surface area contributed by atoms with Gasteiger partial charge in [0.05, 0.1) is 19.1 Å². The summed E-state index contributed by atoms with van der Waals surface area (Å²) >= 11 is 0. The normalized spacial score (nSPS) is 17.4. The Labute approximate surface area is 156 Å². The number of nitrogens with one attached hydrogen (secondary N) is 2. The highest BCUT2D eigenvalue weighted by molar-refractivity contribution is 5.84. The Hall–Kier alpha value is -2.90. The largest absolute Gasteiger partial charge is 0.467 e. The number of carbonyl (C=O) groups excluding carboxylic acids is 2. The summed E-state index contributed by atoms with van der Waals surface area (Å²) in [6.07, 6.45) is 2.17. The number of aromatic amines is 1. The second kappa shape index (κ2) is 7.77. The van der Waals surface area contributed by atoms with Crippen LogP contribution in [0.5, 0.6) is 0 Å². The predicted octanol–water partition coefficient (Wildman–Crippen LogP) is 2.40. The Kier molecular flexibility index (Phi) is 5.43. The number of fused-ring (bicyclic) bond motifs is 1. The molecule has 0 bridgehead atoms.